The minimum Gasteiger partial charge on any atom is -0.486 e. The summed E-state index contributed by atoms with van der Waals surface area (Å²) in [7, 11) is -7.43. The summed E-state index contributed by atoms with van der Waals surface area (Å²) in [6.07, 6.45) is -0.360. The van der Waals surface area contributed by atoms with E-state index in [0.717, 1.165) is 0 Å². The number of benzene rings is 1. The van der Waals surface area contributed by atoms with Crippen molar-refractivity contribution < 1.29 is 31.0 Å². The molecule has 10 nitrogen and oxygen atoms in total. The molecule has 0 amide bonds. The lowest BCUT2D eigenvalue weighted by molar-refractivity contribution is -0.0456. The van der Waals surface area contributed by atoms with Crippen molar-refractivity contribution >= 4 is 20.2 Å². The van der Waals surface area contributed by atoms with Crippen LogP contribution in [0.1, 0.15) is 13.8 Å². The van der Waals surface area contributed by atoms with Gasteiger partial charge in [-0.25, -0.2) is 8.42 Å². The zero-order valence-electron chi connectivity index (χ0n) is 17.1. The summed E-state index contributed by atoms with van der Waals surface area (Å²) in [4.78, 5) is 0.110. The molecule has 1 aromatic rings. The van der Waals surface area contributed by atoms with Crippen molar-refractivity contribution in [2.45, 2.75) is 31.0 Å². The monoisotopic (exact) mass is 461 g/mol. The Morgan fingerprint density at radius 1 is 0.800 bits per heavy atom. The molecule has 0 N–H and O–H groups in total. The Labute approximate surface area is 177 Å². The Morgan fingerprint density at radius 3 is 2.00 bits per heavy atom. The van der Waals surface area contributed by atoms with Crippen LogP contribution in [0.15, 0.2) is 23.1 Å². The first-order chi connectivity index (χ1) is 14.2. The molecule has 2 atom stereocenters. The summed E-state index contributed by atoms with van der Waals surface area (Å²) in [5, 5.41) is 0. The van der Waals surface area contributed by atoms with Gasteiger partial charge in [0.2, 0.25) is 10.0 Å². The number of hydrogen-bond donors (Lipinski definition) is 0. The molecule has 1 aromatic carbocycles. The second kappa shape index (κ2) is 8.24. The third-order valence-electron chi connectivity index (χ3n) is 5.39. The average molecular weight is 462 g/mol. The molecule has 12 heteroatoms. The van der Waals surface area contributed by atoms with Crippen LogP contribution in [0.3, 0.4) is 0 Å². The molecule has 0 radical (unpaired) electrons. The summed E-state index contributed by atoms with van der Waals surface area (Å²) in [6.45, 7) is 5.45. The van der Waals surface area contributed by atoms with E-state index in [-0.39, 0.29) is 43.3 Å². The van der Waals surface area contributed by atoms with Gasteiger partial charge in [-0.1, -0.05) is 0 Å². The van der Waals surface area contributed by atoms with E-state index in [4.69, 9.17) is 14.2 Å². The molecule has 4 rings (SSSR count). The number of hydrogen-bond acceptors (Lipinski definition) is 7. The van der Waals surface area contributed by atoms with E-state index in [1.807, 2.05) is 13.8 Å². The second-order valence-electron chi connectivity index (χ2n) is 7.69. The van der Waals surface area contributed by atoms with Crippen LogP contribution in [0.2, 0.25) is 0 Å². The molecule has 0 unspecified atom stereocenters. The highest BCUT2D eigenvalue weighted by Crippen LogP contribution is 2.33. The maximum atomic E-state index is 13.1. The SMILES string of the molecule is C[C@H]1CN(S(=O)(=O)N2CCN(S(=O)(=O)c3ccc4c(c3)OCCO4)CC2)C[C@H](C)O1. The zero-order chi connectivity index (χ0) is 21.5. The molecular weight excluding hydrogens is 434 g/mol. The molecule has 30 heavy (non-hydrogen) atoms. The fourth-order valence-electron chi connectivity index (χ4n) is 3.96. The maximum Gasteiger partial charge on any atom is 0.282 e. The number of fused-ring (bicyclic) bond motifs is 1. The first-order valence-corrected chi connectivity index (χ1v) is 12.8. The second-order valence-corrected chi connectivity index (χ2v) is 11.6. The number of rotatable bonds is 4. The van der Waals surface area contributed by atoms with Crippen molar-refractivity contribution in [2.75, 3.05) is 52.5 Å². The Balaban J connectivity index is 1.45. The standard InChI is InChI=1S/C18H27N3O7S2/c1-14-12-21(13-15(2)28-14)30(24,25)20-7-5-19(6-8-20)29(22,23)16-3-4-17-18(11-16)27-10-9-26-17/h3-4,11,14-15H,5-10,12-13H2,1-2H3/t14-,15-/m0/s1. The fraction of sp³-hybridized carbons (Fsp3) is 0.667. The lowest BCUT2D eigenvalue weighted by Crippen LogP contribution is -2.57. The minimum atomic E-state index is -3.76. The molecule has 0 aromatic heterocycles. The van der Waals surface area contributed by atoms with Crippen LogP contribution in [-0.2, 0) is 25.0 Å². The Bertz CT molecular complexity index is 981. The lowest BCUT2D eigenvalue weighted by atomic mass is 10.3. The quantitative estimate of drug-likeness (QED) is 0.627. The predicted octanol–water partition coefficient (Wildman–Crippen LogP) is 0.118. The summed E-state index contributed by atoms with van der Waals surface area (Å²) in [5.74, 6) is 0.921. The highest BCUT2D eigenvalue weighted by atomic mass is 32.2. The summed E-state index contributed by atoms with van der Waals surface area (Å²) < 4.78 is 72.8. The van der Waals surface area contributed by atoms with Gasteiger partial charge in [0.15, 0.2) is 11.5 Å². The van der Waals surface area contributed by atoms with E-state index in [2.05, 4.69) is 0 Å². The van der Waals surface area contributed by atoms with Crippen LogP contribution in [0.5, 0.6) is 11.5 Å². The van der Waals surface area contributed by atoms with E-state index in [1.54, 1.807) is 6.07 Å². The van der Waals surface area contributed by atoms with Gasteiger partial charge >= 0.3 is 0 Å². The number of ether oxygens (including phenoxy) is 3. The van der Waals surface area contributed by atoms with Crippen molar-refractivity contribution in [2.24, 2.45) is 0 Å². The van der Waals surface area contributed by atoms with Crippen molar-refractivity contribution in [3.63, 3.8) is 0 Å². The van der Waals surface area contributed by atoms with Crippen LogP contribution in [0.4, 0.5) is 0 Å². The number of morpholine rings is 1. The van der Waals surface area contributed by atoms with E-state index in [9.17, 15) is 16.8 Å². The van der Waals surface area contributed by atoms with Gasteiger partial charge in [0, 0.05) is 45.3 Å². The van der Waals surface area contributed by atoms with Gasteiger partial charge in [-0.05, 0) is 26.0 Å². The predicted molar refractivity (Wildman–Crippen MR) is 108 cm³/mol. The van der Waals surface area contributed by atoms with E-state index < -0.39 is 20.2 Å². The van der Waals surface area contributed by atoms with Crippen LogP contribution >= 0.6 is 0 Å². The van der Waals surface area contributed by atoms with Crippen LogP contribution in [0.25, 0.3) is 0 Å². The first-order valence-electron chi connectivity index (χ1n) is 9.98. The van der Waals surface area contributed by atoms with E-state index >= 15 is 0 Å². The molecule has 3 aliphatic rings. The van der Waals surface area contributed by atoms with Crippen molar-refractivity contribution in [1.82, 2.24) is 12.9 Å². The fourth-order valence-corrected chi connectivity index (χ4v) is 7.14. The highest BCUT2D eigenvalue weighted by Gasteiger charge is 2.39. The molecule has 0 aliphatic carbocycles. The molecule has 0 bridgehead atoms. The van der Waals surface area contributed by atoms with E-state index in [1.165, 1.54) is 25.0 Å². The van der Waals surface area contributed by atoms with Gasteiger partial charge in [-0.2, -0.15) is 21.3 Å². The molecule has 2 saturated heterocycles. The normalized spacial score (nSPS) is 27.1. The molecule has 3 heterocycles. The van der Waals surface area contributed by atoms with Crippen LogP contribution in [0, 0.1) is 0 Å². The van der Waals surface area contributed by atoms with Crippen LogP contribution < -0.4 is 9.47 Å². The smallest absolute Gasteiger partial charge is 0.282 e. The topological polar surface area (TPSA) is 106 Å². The average Bonchev–Trinajstić information content (AvgIpc) is 2.72. The maximum absolute atomic E-state index is 13.1. The zero-order valence-corrected chi connectivity index (χ0v) is 18.7. The molecular formula is C18H27N3O7S2. The Hall–Kier alpha value is -1.44. The largest absolute Gasteiger partial charge is 0.486 e. The summed E-state index contributed by atoms with van der Waals surface area (Å²) in [5.41, 5.74) is 0. The molecule has 0 spiro atoms. The van der Waals surface area contributed by atoms with Gasteiger partial charge in [-0.15, -0.1) is 0 Å². The van der Waals surface area contributed by atoms with E-state index in [0.29, 0.717) is 37.8 Å². The molecule has 0 saturated carbocycles. The molecule has 3 aliphatic heterocycles. The van der Waals surface area contributed by atoms with Gasteiger partial charge in [0.25, 0.3) is 10.2 Å². The number of sulfonamides is 1. The van der Waals surface area contributed by atoms with Crippen molar-refractivity contribution in [3.8, 4) is 11.5 Å². The molecule has 168 valence electrons. The third kappa shape index (κ3) is 4.16. The number of piperazine rings is 1. The van der Waals surface area contributed by atoms with Crippen molar-refractivity contribution in [1.29, 1.82) is 0 Å². The lowest BCUT2D eigenvalue weighted by Gasteiger charge is -2.40. The summed E-state index contributed by atoms with van der Waals surface area (Å²) in [6, 6.07) is 4.54. The van der Waals surface area contributed by atoms with Crippen molar-refractivity contribution in [3.05, 3.63) is 18.2 Å². The highest BCUT2D eigenvalue weighted by molar-refractivity contribution is 7.89. The molecule has 2 fully saturated rings. The van der Waals surface area contributed by atoms with Gasteiger partial charge < -0.3 is 14.2 Å². The van der Waals surface area contributed by atoms with Gasteiger partial charge in [-0.3, -0.25) is 0 Å². The first kappa shape index (κ1) is 21.8. The number of nitrogens with zero attached hydrogens (tertiary/aromatic N) is 3. The van der Waals surface area contributed by atoms with Gasteiger partial charge in [0.1, 0.15) is 13.2 Å². The summed E-state index contributed by atoms with van der Waals surface area (Å²) >= 11 is 0. The Morgan fingerprint density at radius 2 is 1.37 bits per heavy atom. The van der Waals surface area contributed by atoms with Gasteiger partial charge in [0.05, 0.1) is 17.1 Å². The minimum absolute atomic E-state index is 0.0887. The third-order valence-corrected chi connectivity index (χ3v) is 9.25. The van der Waals surface area contributed by atoms with Crippen LogP contribution in [-0.4, -0.2) is 94.4 Å². The Kier molecular flexibility index (Phi) is 5.99.